The normalized spacial score (nSPS) is 31.6. The third-order valence-electron chi connectivity index (χ3n) is 4.22. The smallest absolute Gasteiger partial charge is 0.250 e. The zero-order valence-corrected chi connectivity index (χ0v) is 12.8. The maximum absolute atomic E-state index is 12.2. The number of ether oxygens (including phenoxy) is 1. The third-order valence-corrected chi connectivity index (χ3v) is 4.22. The summed E-state index contributed by atoms with van der Waals surface area (Å²) in [6, 6.07) is 0.344. The van der Waals surface area contributed by atoms with Crippen LogP contribution in [0.2, 0.25) is 0 Å². The highest BCUT2D eigenvalue weighted by molar-refractivity contribution is 5.85. The molecule has 0 aromatic heterocycles. The van der Waals surface area contributed by atoms with Crippen LogP contribution >= 0.6 is 12.4 Å². The standard InChI is InChI=1S/C14H26N2O2.ClH/c1-10(2)11-5-3-4-6-12(11)16-14(17)13-9-15-7-8-18-13;/h10-13,15H,3-9H2,1-2H3,(H,16,17);1H. The van der Waals surface area contributed by atoms with E-state index in [1.165, 1.54) is 19.3 Å². The van der Waals surface area contributed by atoms with Gasteiger partial charge in [0.25, 0.3) is 5.91 Å². The van der Waals surface area contributed by atoms with Crippen LogP contribution in [0, 0.1) is 11.8 Å². The molecule has 0 radical (unpaired) electrons. The fourth-order valence-corrected chi connectivity index (χ4v) is 3.15. The van der Waals surface area contributed by atoms with Crippen molar-refractivity contribution in [3.8, 4) is 0 Å². The number of amides is 1. The number of carbonyl (C=O) groups is 1. The first kappa shape index (κ1) is 16.7. The monoisotopic (exact) mass is 290 g/mol. The van der Waals surface area contributed by atoms with Gasteiger partial charge in [0, 0.05) is 19.1 Å². The summed E-state index contributed by atoms with van der Waals surface area (Å²) in [7, 11) is 0. The molecule has 4 nitrogen and oxygen atoms in total. The molecule has 3 unspecified atom stereocenters. The number of nitrogens with one attached hydrogen (secondary N) is 2. The van der Waals surface area contributed by atoms with Crippen molar-refractivity contribution in [1.29, 1.82) is 0 Å². The summed E-state index contributed by atoms with van der Waals surface area (Å²) in [4.78, 5) is 12.2. The van der Waals surface area contributed by atoms with Crippen LogP contribution in [-0.2, 0) is 9.53 Å². The van der Waals surface area contributed by atoms with Crippen molar-refractivity contribution in [3.63, 3.8) is 0 Å². The largest absolute Gasteiger partial charge is 0.366 e. The molecule has 0 bridgehead atoms. The molecule has 1 saturated carbocycles. The van der Waals surface area contributed by atoms with Gasteiger partial charge in [0.1, 0.15) is 6.10 Å². The zero-order valence-electron chi connectivity index (χ0n) is 12.0. The molecule has 2 fully saturated rings. The maximum atomic E-state index is 12.2. The molecule has 112 valence electrons. The van der Waals surface area contributed by atoms with E-state index in [1.807, 2.05) is 0 Å². The SMILES string of the molecule is CC(C)C1CCCCC1NC(=O)C1CNCCO1.Cl. The van der Waals surface area contributed by atoms with Gasteiger partial charge in [0.15, 0.2) is 0 Å². The minimum absolute atomic E-state index is 0. The van der Waals surface area contributed by atoms with Gasteiger partial charge in [-0.2, -0.15) is 0 Å². The van der Waals surface area contributed by atoms with Crippen LogP contribution in [-0.4, -0.2) is 37.7 Å². The van der Waals surface area contributed by atoms with Crippen molar-refractivity contribution in [2.75, 3.05) is 19.7 Å². The molecule has 0 aromatic rings. The first-order chi connectivity index (χ1) is 8.68. The zero-order chi connectivity index (χ0) is 13.0. The lowest BCUT2D eigenvalue weighted by Gasteiger charge is -2.36. The van der Waals surface area contributed by atoms with E-state index >= 15 is 0 Å². The molecule has 0 spiro atoms. The van der Waals surface area contributed by atoms with E-state index in [4.69, 9.17) is 4.74 Å². The molecule has 5 heteroatoms. The maximum Gasteiger partial charge on any atom is 0.250 e. The Hall–Kier alpha value is -0.320. The molecule has 1 amide bonds. The highest BCUT2D eigenvalue weighted by atomic mass is 35.5. The molecule has 3 atom stereocenters. The molecule has 2 aliphatic rings. The predicted molar refractivity (Wildman–Crippen MR) is 78.6 cm³/mol. The van der Waals surface area contributed by atoms with E-state index < -0.39 is 0 Å². The van der Waals surface area contributed by atoms with Gasteiger partial charge in [-0.25, -0.2) is 0 Å². The van der Waals surface area contributed by atoms with Gasteiger partial charge in [0.2, 0.25) is 0 Å². The summed E-state index contributed by atoms with van der Waals surface area (Å²) in [5.41, 5.74) is 0. The van der Waals surface area contributed by atoms with E-state index in [-0.39, 0.29) is 24.4 Å². The first-order valence-electron chi connectivity index (χ1n) is 7.31. The lowest BCUT2D eigenvalue weighted by Crippen LogP contribution is -2.52. The van der Waals surface area contributed by atoms with Crippen LogP contribution in [0.15, 0.2) is 0 Å². The fraction of sp³-hybridized carbons (Fsp3) is 0.929. The average molecular weight is 291 g/mol. The van der Waals surface area contributed by atoms with E-state index in [0.717, 1.165) is 13.0 Å². The molecule has 1 aliphatic heterocycles. The van der Waals surface area contributed by atoms with Crippen LogP contribution in [0.1, 0.15) is 39.5 Å². The summed E-state index contributed by atoms with van der Waals surface area (Å²) in [6.07, 6.45) is 4.60. The molecular formula is C14H27ClN2O2. The van der Waals surface area contributed by atoms with Gasteiger partial charge in [-0.05, 0) is 24.7 Å². The molecule has 2 N–H and O–H groups in total. The van der Waals surface area contributed by atoms with Crippen molar-refractivity contribution in [2.45, 2.75) is 51.7 Å². The van der Waals surface area contributed by atoms with Crippen LogP contribution in [0.3, 0.4) is 0 Å². The van der Waals surface area contributed by atoms with E-state index in [1.54, 1.807) is 0 Å². The average Bonchev–Trinajstić information content (AvgIpc) is 2.40. The molecule has 1 heterocycles. The Bertz CT molecular complexity index is 281. The van der Waals surface area contributed by atoms with Crippen LogP contribution in [0.5, 0.6) is 0 Å². The topological polar surface area (TPSA) is 50.4 Å². The number of carbonyl (C=O) groups excluding carboxylic acids is 1. The summed E-state index contributed by atoms with van der Waals surface area (Å²) in [5, 5.41) is 6.42. The summed E-state index contributed by atoms with van der Waals surface area (Å²) in [6.45, 7) is 6.64. The molecule has 0 aromatic carbocycles. The molecular weight excluding hydrogens is 264 g/mol. The van der Waals surface area contributed by atoms with Crippen LogP contribution in [0.25, 0.3) is 0 Å². The number of hydrogen-bond acceptors (Lipinski definition) is 3. The summed E-state index contributed by atoms with van der Waals surface area (Å²) < 4.78 is 5.50. The minimum Gasteiger partial charge on any atom is -0.366 e. The Kier molecular flexibility index (Phi) is 7.11. The van der Waals surface area contributed by atoms with Gasteiger partial charge in [-0.1, -0.05) is 26.7 Å². The summed E-state index contributed by atoms with van der Waals surface area (Å²) >= 11 is 0. The van der Waals surface area contributed by atoms with E-state index in [2.05, 4.69) is 24.5 Å². The number of rotatable bonds is 3. The highest BCUT2D eigenvalue weighted by Crippen LogP contribution is 2.30. The Morgan fingerprint density at radius 1 is 1.32 bits per heavy atom. The van der Waals surface area contributed by atoms with Gasteiger partial charge in [-0.3, -0.25) is 4.79 Å². The summed E-state index contributed by atoms with van der Waals surface area (Å²) in [5.74, 6) is 1.33. The van der Waals surface area contributed by atoms with Gasteiger partial charge in [0.05, 0.1) is 6.61 Å². The number of hydrogen-bond donors (Lipinski definition) is 2. The molecule has 19 heavy (non-hydrogen) atoms. The van der Waals surface area contributed by atoms with Crippen LogP contribution in [0.4, 0.5) is 0 Å². The molecule has 2 rings (SSSR count). The second kappa shape index (κ2) is 8.08. The van der Waals surface area contributed by atoms with Crippen molar-refractivity contribution in [3.05, 3.63) is 0 Å². The third kappa shape index (κ3) is 4.62. The van der Waals surface area contributed by atoms with Gasteiger partial charge in [-0.15, -0.1) is 12.4 Å². The van der Waals surface area contributed by atoms with Gasteiger partial charge >= 0.3 is 0 Å². The Morgan fingerprint density at radius 3 is 2.68 bits per heavy atom. The molecule has 1 saturated heterocycles. The number of morpholine rings is 1. The van der Waals surface area contributed by atoms with E-state index in [0.29, 0.717) is 31.0 Å². The lowest BCUT2D eigenvalue weighted by atomic mass is 9.78. The first-order valence-corrected chi connectivity index (χ1v) is 7.31. The second-order valence-electron chi connectivity index (χ2n) is 5.87. The van der Waals surface area contributed by atoms with Crippen LogP contribution < -0.4 is 10.6 Å². The second-order valence-corrected chi connectivity index (χ2v) is 5.87. The lowest BCUT2D eigenvalue weighted by molar-refractivity contribution is -0.135. The Labute approximate surface area is 122 Å². The Balaban J connectivity index is 0.00000180. The predicted octanol–water partition coefficient (Wildman–Crippen LogP) is 1.73. The van der Waals surface area contributed by atoms with Crippen molar-refractivity contribution in [2.24, 2.45) is 11.8 Å². The van der Waals surface area contributed by atoms with Crippen molar-refractivity contribution >= 4 is 18.3 Å². The molecule has 1 aliphatic carbocycles. The fourth-order valence-electron chi connectivity index (χ4n) is 3.15. The van der Waals surface area contributed by atoms with E-state index in [9.17, 15) is 4.79 Å². The number of halogens is 1. The Morgan fingerprint density at radius 2 is 2.05 bits per heavy atom. The minimum atomic E-state index is -0.298. The van der Waals surface area contributed by atoms with Crippen molar-refractivity contribution < 1.29 is 9.53 Å². The quantitative estimate of drug-likeness (QED) is 0.832. The van der Waals surface area contributed by atoms with Crippen molar-refractivity contribution in [1.82, 2.24) is 10.6 Å². The van der Waals surface area contributed by atoms with Gasteiger partial charge < -0.3 is 15.4 Å². The highest BCUT2D eigenvalue weighted by Gasteiger charge is 2.31.